The minimum atomic E-state index is -0.591. The Morgan fingerprint density at radius 3 is 2.45 bits per heavy atom. The third-order valence-corrected chi connectivity index (χ3v) is 3.20. The van der Waals surface area contributed by atoms with E-state index < -0.39 is 5.82 Å². The van der Waals surface area contributed by atoms with Crippen LogP contribution in [0.15, 0.2) is 42.5 Å². The van der Waals surface area contributed by atoms with Crippen molar-refractivity contribution in [2.45, 2.75) is 26.4 Å². The molecule has 0 aliphatic carbocycles. The topological polar surface area (TPSA) is 42.2 Å². The van der Waals surface area contributed by atoms with E-state index in [2.05, 4.69) is 19.1 Å². The Bertz CT molecular complexity index is 647. The molecule has 114 valence electrons. The molecular weight excluding hydrogens is 281 g/mol. The monoisotopic (exact) mass is 299 g/mol. The van der Waals surface area contributed by atoms with Gasteiger partial charge in [0, 0.05) is 6.07 Å². The van der Waals surface area contributed by atoms with Gasteiger partial charge in [-0.25, -0.2) is 4.39 Å². The van der Waals surface area contributed by atoms with Crippen LogP contribution in [-0.2, 0) is 17.8 Å². The number of nitrogens with zero attached hydrogens (tertiary/aromatic N) is 1. The number of nitriles is 1. The second-order valence-electron chi connectivity index (χ2n) is 4.93. The van der Waals surface area contributed by atoms with Crippen LogP contribution >= 0.6 is 0 Å². The predicted octanol–water partition coefficient (Wildman–Crippen LogP) is 4.20. The molecule has 0 aliphatic rings. The van der Waals surface area contributed by atoms with E-state index >= 15 is 0 Å². The highest BCUT2D eigenvalue weighted by Gasteiger charge is 2.03. The van der Waals surface area contributed by atoms with E-state index in [4.69, 9.17) is 14.7 Å². The van der Waals surface area contributed by atoms with Gasteiger partial charge in [0.1, 0.15) is 17.6 Å². The average Bonchev–Trinajstić information content (AvgIpc) is 2.53. The van der Waals surface area contributed by atoms with E-state index in [0.717, 1.165) is 18.4 Å². The fraction of sp³-hybridized carbons (Fsp3) is 0.278. The van der Waals surface area contributed by atoms with Crippen LogP contribution in [0.1, 0.15) is 30.0 Å². The van der Waals surface area contributed by atoms with E-state index in [1.54, 1.807) is 12.1 Å². The van der Waals surface area contributed by atoms with Crippen LogP contribution in [0.4, 0.5) is 4.39 Å². The highest BCUT2D eigenvalue weighted by molar-refractivity contribution is 5.36. The fourth-order valence-corrected chi connectivity index (χ4v) is 2.04. The molecule has 0 atom stereocenters. The lowest BCUT2D eigenvalue weighted by atomic mass is 10.1. The summed E-state index contributed by atoms with van der Waals surface area (Å²) in [6, 6.07) is 14.1. The lowest BCUT2D eigenvalue weighted by molar-refractivity contribution is 0.00489. The molecule has 0 aromatic heterocycles. The van der Waals surface area contributed by atoms with Crippen molar-refractivity contribution >= 4 is 0 Å². The number of aryl methyl sites for hydroxylation is 1. The second kappa shape index (κ2) is 8.16. The first-order valence-corrected chi connectivity index (χ1v) is 7.21. The van der Waals surface area contributed by atoms with E-state index in [0.29, 0.717) is 12.4 Å². The summed E-state index contributed by atoms with van der Waals surface area (Å²) < 4.78 is 24.1. The van der Waals surface area contributed by atoms with Crippen LogP contribution in [0.25, 0.3) is 0 Å². The number of rotatable bonds is 7. The maximum Gasteiger partial charge on any atom is 0.189 e. The SMILES string of the molecule is CCCc1ccc(COCOc2ccc(C#N)c(F)c2)cc1. The number of ether oxygens (including phenoxy) is 2. The van der Waals surface area contributed by atoms with E-state index in [9.17, 15) is 4.39 Å². The van der Waals surface area contributed by atoms with Crippen LogP contribution in [0, 0.1) is 17.1 Å². The van der Waals surface area contributed by atoms with Crippen LogP contribution < -0.4 is 4.74 Å². The molecule has 0 aliphatic heterocycles. The maximum atomic E-state index is 13.4. The predicted molar refractivity (Wildman–Crippen MR) is 81.8 cm³/mol. The molecule has 0 unspecified atom stereocenters. The molecular formula is C18H18FNO2. The standard InChI is InChI=1S/C18H18FNO2/c1-2-3-14-4-6-15(7-5-14)12-21-13-22-17-9-8-16(11-20)18(19)10-17/h4-10H,2-3,12-13H2,1H3. The summed E-state index contributed by atoms with van der Waals surface area (Å²) in [4.78, 5) is 0. The lowest BCUT2D eigenvalue weighted by Gasteiger charge is -2.08. The zero-order chi connectivity index (χ0) is 15.8. The summed E-state index contributed by atoms with van der Waals surface area (Å²) in [6.07, 6.45) is 2.21. The van der Waals surface area contributed by atoms with Crippen molar-refractivity contribution in [2.24, 2.45) is 0 Å². The molecule has 2 aromatic rings. The van der Waals surface area contributed by atoms with Gasteiger partial charge in [0.2, 0.25) is 0 Å². The van der Waals surface area contributed by atoms with Crippen LogP contribution in [0.3, 0.4) is 0 Å². The molecule has 0 N–H and O–H groups in total. The molecule has 0 saturated heterocycles. The normalized spacial score (nSPS) is 10.2. The Kier molecular flexibility index (Phi) is 5.93. The Labute approximate surface area is 129 Å². The van der Waals surface area contributed by atoms with Gasteiger partial charge in [-0.15, -0.1) is 0 Å². The third kappa shape index (κ3) is 4.57. The van der Waals surface area contributed by atoms with Gasteiger partial charge in [-0.2, -0.15) is 5.26 Å². The Hall–Kier alpha value is -2.38. The minimum Gasteiger partial charge on any atom is -0.467 e. The molecule has 0 fully saturated rings. The first-order chi connectivity index (χ1) is 10.7. The summed E-state index contributed by atoms with van der Waals surface area (Å²) in [6.45, 7) is 2.62. The molecule has 2 rings (SSSR count). The molecule has 0 heterocycles. The lowest BCUT2D eigenvalue weighted by Crippen LogP contribution is -2.03. The highest BCUT2D eigenvalue weighted by Crippen LogP contribution is 2.16. The van der Waals surface area contributed by atoms with E-state index in [1.807, 2.05) is 12.1 Å². The molecule has 0 amide bonds. The van der Waals surface area contributed by atoms with Gasteiger partial charge in [0.15, 0.2) is 6.79 Å². The van der Waals surface area contributed by atoms with E-state index in [-0.39, 0.29) is 12.4 Å². The van der Waals surface area contributed by atoms with Gasteiger partial charge in [-0.1, -0.05) is 37.6 Å². The van der Waals surface area contributed by atoms with Crippen molar-refractivity contribution < 1.29 is 13.9 Å². The number of hydrogen-bond acceptors (Lipinski definition) is 3. The first-order valence-electron chi connectivity index (χ1n) is 7.21. The molecule has 4 heteroatoms. The summed E-state index contributed by atoms with van der Waals surface area (Å²) in [5.41, 5.74) is 2.38. The van der Waals surface area contributed by atoms with Crippen molar-refractivity contribution in [3.63, 3.8) is 0 Å². The smallest absolute Gasteiger partial charge is 0.189 e. The van der Waals surface area contributed by atoms with Crippen LogP contribution in [0.5, 0.6) is 5.75 Å². The molecule has 0 spiro atoms. The average molecular weight is 299 g/mol. The Morgan fingerprint density at radius 2 is 1.82 bits per heavy atom. The van der Waals surface area contributed by atoms with Gasteiger partial charge >= 0.3 is 0 Å². The van der Waals surface area contributed by atoms with Crippen molar-refractivity contribution in [3.05, 3.63) is 65.0 Å². The van der Waals surface area contributed by atoms with Crippen molar-refractivity contribution in [3.8, 4) is 11.8 Å². The summed E-state index contributed by atoms with van der Waals surface area (Å²) in [5.74, 6) is -0.249. The molecule has 22 heavy (non-hydrogen) atoms. The van der Waals surface area contributed by atoms with Crippen molar-refractivity contribution in [1.29, 1.82) is 5.26 Å². The van der Waals surface area contributed by atoms with Gasteiger partial charge < -0.3 is 9.47 Å². The summed E-state index contributed by atoms with van der Waals surface area (Å²) >= 11 is 0. The zero-order valence-corrected chi connectivity index (χ0v) is 12.5. The Balaban J connectivity index is 1.77. The minimum absolute atomic E-state index is 0.000405. The van der Waals surface area contributed by atoms with Gasteiger partial charge in [-0.05, 0) is 29.7 Å². The second-order valence-corrected chi connectivity index (χ2v) is 4.93. The van der Waals surface area contributed by atoms with Crippen LogP contribution in [-0.4, -0.2) is 6.79 Å². The quantitative estimate of drug-likeness (QED) is 0.568. The van der Waals surface area contributed by atoms with Gasteiger partial charge in [-0.3, -0.25) is 0 Å². The first kappa shape index (κ1) is 16.0. The largest absolute Gasteiger partial charge is 0.467 e. The molecule has 0 saturated carbocycles. The zero-order valence-electron chi connectivity index (χ0n) is 12.5. The molecule has 2 aromatic carbocycles. The third-order valence-electron chi connectivity index (χ3n) is 3.20. The number of benzene rings is 2. The van der Waals surface area contributed by atoms with Gasteiger partial charge in [0.05, 0.1) is 12.2 Å². The van der Waals surface area contributed by atoms with Crippen molar-refractivity contribution in [1.82, 2.24) is 0 Å². The van der Waals surface area contributed by atoms with Crippen molar-refractivity contribution in [2.75, 3.05) is 6.79 Å². The number of halogens is 1. The molecule has 3 nitrogen and oxygen atoms in total. The van der Waals surface area contributed by atoms with Crippen LogP contribution in [0.2, 0.25) is 0 Å². The summed E-state index contributed by atoms with van der Waals surface area (Å²) in [7, 11) is 0. The summed E-state index contributed by atoms with van der Waals surface area (Å²) in [5, 5.41) is 8.65. The molecule has 0 radical (unpaired) electrons. The highest BCUT2D eigenvalue weighted by atomic mass is 19.1. The number of hydrogen-bond donors (Lipinski definition) is 0. The van der Waals surface area contributed by atoms with Gasteiger partial charge in [0.25, 0.3) is 0 Å². The van der Waals surface area contributed by atoms with E-state index in [1.165, 1.54) is 17.7 Å². The fourth-order valence-electron chi connectivity index (χ4n) is 2.04. The maximum absolute atomic E-state index is 13.4. The molecule has 0 bridgehead atoms. The Morgan fingerprint density at radius 1 is 1.09 bits per heavy atom.